The molecule has 3 heteroatoms. The van der Waals surface area contributed by atoms with Crippen molar-refractivity contribution in [1.29, 1.82) is 0 Å². The van der Waals surface area contributed by atoms with Crippen molar-refractivity contribution >= 4 is 0 Å². The van der Waals surface area contributed by atoms with Crippen LogP contribution in [0.2, 0.25) is 0 Å². The Kier molecular flexibility index (Phi) is 3.28. The summed E-state index contributed by atoms with van der Waals surface area (Å²) in [6, 6.07) is 10.2. The quantitative estimate of drug-likeness (QED) is 0.663. The smallest absolute Gasteiger partial charge is 0.323 e. The molecule has 0 saturated carbocycles. The van der Waals surface area contributed by atoms with Gasteiger partial charge in [0.1, 0.15) is 5.75 Å². The summed E-state index contributed by atoms with van der Waals surface area (Å²) in [6.07, 6.45) is 0. The van der Waals surface area contributed by atoms with Crippen LogP contribution >= 0.6 is 0 Å². The van der Waals surface area contributed by atoms with Gasteiger partial charge < -0.3 is 14.2 Å². The lowest BCUT2D eigenvalue weighted by molar-refractivity contribution is -0.309. The van der Waals surface area contributed by atoms with Crippen molar-refractivity contribution in [3.8, 4) is 5.75 Å². The third kappa shape index (κ3) is 2.72. The first-order valence-electron chi connectivity index (χ1n) is 3.96. The fourth-order valence-corrected chi connectivity index (χ4v) is 0.807. The number of methoxy groups -OCH3 is 2. The molecule has 0 fully saturated rings. The highest BCUT2D eigenvalue weighted by Gasteiger charge is 2.24. The van der Waals surface area contributed by atoms with Crippen LogP contribution in [-0.2, 0) is 9.47 Å². The number of para-hydroxylation sites is 1. The zero-order valence-corrected chi connectivity index (χ0v) is 8.03. The van der Waals surface area contributed by atoms with Gasteiger partial charge in [0, 0.05) is 27.2 Å². The first-order chi connectivity index (χ1) is 6.20. The molecule has 0 aliphatic heterocycles. The van der Waals surface area contributed by atoms with Gasteiger partial charge in [-0.05, 0) is 6.07 Å². The van der Waals surface area contributed by atoms with Crippen LogP contribution in [0, 0.1) is 6.07 Å². The second-order valence-electron chi connectivity index (χ2n) is 2.60. The monoisotopic (exact) mass is 181 g/mol. The molecule has 0 heterocycles. The van der Waals surface area contributed by atoms with Gasteiger partial charge in [0.2, 0.25) is 0 Å². The normalized spacial score (nSPS) is 11.3. The minimum atomic E-state index is -1.04. The second-order valence-corrected chi connectivity index (χ2v) is 2.60. The van der Waals surface area contributed by atoms with E-state index < -0.39 is 5.97 Å². The maximum absolute atomic E-state index is 5.40. The van der Waals surface area contributed by atoms with Gasteiger partial charge in [-0.15, -0.1) is 0 Å². The molecule has 3 nitrogen and oxygen atoms in total. The minimum Gasteiger partial charge on any atom is -0.439 e. The fourth-order valence-electron chi connectivity index (χ4n) is 0.807. The lowest BCUT2D eigenvalue weighted by Gasteiger charge is -2.26. The predicted molar refractivity (Wildman–Crippen MR) is 48.3 cm³/mol. The molecule has 1 aromatic rings. The Morgan fingerprint density at radius 2 is 1.92 bits per heavy atom. The molecular formula is C10H13O3. The van der Waals surface area contributed by atoms with E-state index in [2.05, 4.69) is 6.07 Å². The van der Waals surface area contributed by atoms with E-state index in [0.29, 0.717) is 5.75 Å². The van der Waals surface area contributed by atoms with Gasteiger partial charge in [-0.3, -0.25) is 0 Å². The molecule has 0 saturated heterocycles. The van der Waals surface area contributed by atoms with Gasteiger partial charge in [0.25, 0.3) is 0 Å². The second kappa shape index (κ2) is 4.25. The zero-order chi connectivity index (χ0) is 9.73. The van der Waals surface area contributed by atoms with Crippen LogP contribution in [0.3, 0.4) is 0 Å². The van der Waals surface area contributed by atoms with Crippen molar-refractivity contribution in [3.05, 3.63) is 30.3 Å². The summed E-state index contributed by atoms with van der Waals surface area (Å²) < 4.78 is 15.5. The molecule has 0 amide bonds. The Morgan fingerprint density at radius 1 is 1.23 bits per heavy atom. The fraction of sp³-hybridized carbons (Fsp3) is 0.400. The van der Waals surface area contributed by atoms with Crippen molar-refractivity contribution in [3.63, 3.8) is 0 Å². The third-order valence-electron chi connectivity index (χ3n) is 1.72. The van der Waals surface area contributed by atoms with Crippen LogP contribution in [-0.4, -0.2) is 20.2 Å². The van der Waals surface area contributed by atoms with Gasteiger partial charge in [-0.1, -0.05) is 18.2 Å². The van der Waals surface area contributed by atoms with Crippen molar-refractivity contribution in [1.82, 2.24) is 0 Å². The summed E-state index contributed by atoms with van der Waals surface area (Å²) in [7, 11) is 3.04. The van der Waals surface area contributed by atoms with Gasteiger partial charge >= 0.3 is 5.97 Å². The molecule has 13 heavy (non-hydrogen) atoms. The summed E-state index contributed by atoms with van der Waals surface area (Å²) in [5, 5.41) is 0. The first kappa shape index (κ1) is 10.0. The molecule has 0 bridgehead atoms. The van der Waals surface area contributed by atoms with E-state index in [1.807, 2.05) is 12.1 Å². The average Bonchev–Trinajstić information content (AvgIpc) is 2.19. The third-order valence-corrected chi connectivity index (χ3v) is 1.72. The molecule has 1 radical (unpaired) electrons. The van der Waals surface area contributed by atoms with E-state index in [4.69, 9.17) is 14.2 Å². The molecule has 71 valence electrons. The molecule has 1 aromatic carbocycles. The first-order valence-corrected chi connectivity index (χ1v) is 3.96. The Hall–Kier alpha value is -1.06. The molecule has 0 aromatic heterocycles. The van der Waals surface area contributed by atoms with Crippen molar-refractivity contribution in [2.24, 2.45) is 0 Å². The number of hydrogen-bond donors (Lipinski definition) is 0. The summed E-state index contributed by atoms with van der Waals surface area (Å²) in [5.74, 6) is -0.452. The van der Waals surface area contributed by atoms with E-state index in [0.717, 1.165) is 0 Å². The number of rotatable bonds is 4. The average molecular weight is 181 g/mol. The van der Waals surface area contributed by atoms with Crippen LogP contribution in [0.4, 0.5) is 0 Å². The standard InChI is InChI=1S/C10H13O3/c1-10(11-2,12-3)13-9-7-5-4-6-8-9/h4-7H,1-3H3. The highest BCUT2D eigenvalue weighted by Crippen LogP contribution is 2.18. The molecule has 0 N–H and O–H groups in total. The summed E-state index contributed by atoms with van der Waals surface area (Å²) >= 11 is 0. The summed E-state index contributed by atoms with van der Waals surface area (Å²) in [5.41, 5.74) is 0. The molecule has 0 aliphatic rings. The zero-order valence-electron chi connectivity index (χ0n) is 8.03. The highest BCUT2D eigenvalue weighted by atomic mass is 16.9. The van der Waals surface area contributed by atoms with E-state index in [9.17, 15) is 0 Å². The van der Waals surface area contributed by atoms with Crippen LogP contribution < -0.4 is 4.74 Å². The van der Waals surface area contributed by atoms with E-state index in [1.165, 1.54) is 14.2 Å². The highest BCUT2D eigenvalue weighted by molar-refractivity contribution is 5.19. The number of ether oxygens (including phenoxy) is 3. The molecular weight excluding hydrogens is 168 g/mol. The largest absolute Gasteiger partial charge is 0.439 e. The summed E-state index contributed by atoms with van der Waals surface area (Å²) in [4.78, 5) is 0. The van der Waals surface area contributed by atoms with Gasteiger partial charge in [-0.25, -0.2) is 0 Å². The molecule has 0 atom stereocenters. The molecule has 0 unspecified atom stereocenters. The van der Waals surface area contributed by atoms with Crippen LogP contribution in [0.1, 0.15) is 6.92 Å². The van der Waals surface area contributed by atoms with Crippen LogP contribution in [0.5, 0.6) is 5.75 Å². The topological polar surface area (TPSA) is 27.7 Å². The number of hydrogen-bond acceptors (Lipinski definition) is 3. The summed E-state index contributed by atoms with van der Waals surface area (Å²) in [6.45, 7) is 1.69. The van der Waals surface area contributed by atoms with Gasteiger partial charge in [0.05, 0.1) is 0 Å². The number of benzene rings is 1. The minimum absolute atomic E-state index is 0.591. The van der Waals surface area contributed by atoms with Gasteiger partial charge in [0.15, 0.2) is 0 Å². The van der Waals surface area contributed by atoms with E-state index in [-0.39, 0.29) is 0 Å². The predicted octanol–water partition coefficient (Wildman–Crippen LogP) is 1.83. The Balaban J connectivity index is 2.68. The lowest BCUT2D eigenvalue weighted by atomic mass is 10.3. The lowest BCUT2D eigenvalue weighted by Crippen LogP contribution is -2.36. The van der Waals surface area contributed by atoms with Gasteiger partial charge in [-0.2, -0.15) is 0 Å². The molecule has 0 aliphatic carbocycles. The van der Waals surface area contributed by atoms with Crippen LogP contribution in [0.15, 0.2) is 24.3 Å². The molecule has 1 rings (SSSR count). The van der Waals surface area contributed by atoms with Crippen molar-refractivity contribution in [2.75, 3.05) is 14.2 Å². The molecule has 0 spiro atoms. The van der Waals surface area contributed by atoms with Crippen molar-refractivity contribution in [2.45, 2.75) is 12.9 Å². The van der Waals surface area contributed by atoms with E-state index >= 15 is 0 Å². The van der Waals surface area contributed by atoms with E-state index in [1.54, 1.807) is 19.1 Å². The maximum atomic E-state index is 5.40. The maximum Gasteiger partial charge on any atom is 0.323 e. The Bertz CT molecular complexity index is 242. The SMILES string of the molecule is COC(C)(OC)Oc1[c]cccc1. The van der Waals surface area contributed by atoms with Crippen molar-refractivity contribution < 1.29 is 14.2 Å². The van der Waals surface area contributed by atoms with Crippen LogP contribution in [0.25, 0.3) is 0 Å². The Labute approximate surface area is 78.2 Å². The Morgan fingerprint density at radius 3 is 2.38 bits per heavy atom.